The number of likely N-dealkylation sites (tertiary alicyclic amines) is 1. The van der Waals surface area contributed by atoms with Gasteiger partial charge in [-0.2, -0.15) is 0 Å². The number of benzene rings is 1. The Bertz CT molecular complexity index is 841. The molecule has 1 aliphatic carbocycles. The zero-order chi connectivity index (χ0) is 18.6. The first-order valence-corrected chi connectivity index (χ1v) is 9.52. The van der Waals surface area contributed by atoms with Crippen LogP contribution in [-0.4, -0.2) is 52.4 Å². The van der Waals surface area contributed by atoms with Crippen LogP contribution in [0.1, 0.15) is 37.3 Å². The lowest BCUT2D eigenvalue weighted by molar-refractivity contribution is -0.160. The average Bonchev–Trinajstić information content (AvgIpc) is 2.93. The molecule has 0 spiro atoms. The molecule has 0 saturated carbocycles. The summed E-state index contributed by atoms with van der Waals surface area (Å²) in [5.41, 5.74) is 4.04. The van der Waals surface area contributed by atoms with E-state index in [1.165, 1.54) is 22.0 Å². The summed E-state index contributed by atoms with van der Waals surface area (Å²) in [5.74, 6) is 0.00413. The highest BCUT2D eigenvalue weighted by Gasteiger charge is 2.42. The highest BCUT2D eigenvalue weighted by atomic mass is 16.6. The van der Waals surface area contributed by atoms with Gasteiger partial charge in [-0.15, -0.1) is 0 Å². The minimum Gasteiger partial charge on any atom is -0.460 e. The van der Waals surface area contributed by atoms with Crippen molar-refractivity contribution < 1.29 is 14.6 Å². The molecule has 1 fully saturated rings. The number of nitrogens with zero attached hydrogens (tertiary/aromatic N) is 2. The van der Waals surface area contributed by atoms with Gasteiger partial charge in [-0.3, -0.25) is 4.79 Å². The first kappa shape index (κ1) is 17.6. The molecule has 1 N–H and O–H groups in total. The molecule has 2 aromatic rings. The SMILES string of the molecule is CC(O)C(C)OC(=O)[C@@H]1CC2c3cccc4c3c(cn4C)CC2N(C)C1. The van der Waals surface area contributed by atoms with Gasteiger partial charge in [0.25, 0.3) is 0 Å². The normalized spacial score (nSPS) is 27.8. The van der Waals surface area contributed by atoms with Gasteiger partial charge in [-0.05, 0) is 50.9 Å². The monoisotopic (exact) mass is 356 g/mol. The molecule has 5 nitrogen and oxygen atoms in total. The van der Waals surface area contributed by atoms with Gasteiger partial charge in [0.2, 0.25) is 0 Å². The molecule has 2 aliphatic rings. The number of fused-ring (bicyclic) bond motifs is 2. The summed E-state index contributed by atoms with van der Waals surface area (Å²) in [7, 11) is 4.22. The van der Waals surface area contributed by atoms with E-state index in [9.17, 15) is 9.90 Å². The fraction of sp³-hybridized carbons (Fsp3) is 0.571. The molecule has 0 radical (unpaired) electrons. The summed E-state index contributed by atoms with van der Waals surface area (Å²) < 4.78 is 7.72. The third-order valence-electron chi connectivity index (χ3n) is 6.35. The van der Waals surface area contributed by atoms with Crippen molar-refractivity contribution in [1.82, 2.24) is 9.47 Å². The van der Waals surface area contributed by atoms with Crippen molar-refractivity contribution in [1.29, 1.82) is 0 Å². The van der Waals surface area contributed by atoms with Crippen molar-refractivity contribution >= 4 is 16.9 Å². The van der Waals surface area contributed by atoms with E-state index in [4.69, 9.17) is 4.74 Å². The van der Waals surface area contributed by atoms with E-state index < -0.39 is 12.2 Å². The van der Waals surface area contributed by atoms with Crippen molar-refractivity contribution in [2.75, 3.05) is 13.6 Å². The minimum absolute atomic E-state index is 0.150. The van der Waals surface area contributed by atoms with Gasteiger partial charge in [0, 0.05) is 42.7 Å². The fourth-order valence-corrected chi connectivity index (χ4v) is 4.77. The fourth-order valence-electron chi connectivity index (χ4n) is 4.77. The Morgan fingerprint density at radius 3 is 2.81 bits per heavy atom. The van der Waals surface area contributed by atoms with E-state index in [-0.39, 0.29) is 11.9 Å². The van der Waals surface area contributed by atoms with E-state index in [0.29, 0.717) is 18.5 Å². The number of carbonyl (C=O) groups is 1. The number of hydrogen-bond donors (Lipinski definition) is 1. The second-order valence-corrected chi connectivity index (χ2v) is 8.14. The molecule has 5 atom stereocenters. The molecule has 1 saturated heterocycles. The zero-order valence-corrected chi connectivity index (χ0v) is 16.0. The summed E-state index contributed by atoms with van der Waals surface area (Å²) in [5, 5.41) is 11.0. The third kappa shape index (κ3) is 2.74. The summed E-state index contributed by atoms with van der Waals surface area (Å²) in [4.78, 5) is 15.0. The Morgan fingerprint density at radius 2 is 2.08 bits per heavy atom. The average molecular weight is 356 g/mol. The van der Waals surface area contributed by atoms with Gasteiger partial charge in [-0.1, -0.05) is 12.1 Å². The second kappa shape index (κ2) is 6.39. The van der Waals surface area contributed by atoms with Crippen molar-refractivity contribution in [2.24, 2.45) is 13.0 Å². The molecule has 5 heteroatoms. The third-order valence-corrected chi connectivity index (χ3v) is 6.35. The first-order valence-electron chi connectivity index (χ1n) is 9.52. The van der Waals surface area contributed by atoms with Crippen LogP contribution in [-0.2, 0) is 23.0 Å². The van der Waals surface area contributed by atoms with E-state index in [0.717, 1.165) is 12.8 Å². The van der Waals surface area contributed by atoms with Crippen LogP contribution in [0.2, 0.25) is 0 Å². The topological polar surface area (TPSA) is 54.7 Å². The molecule has 140 valence electrons. The van der Waals surface area contributed by atoms with Gasteiger partial charge in [0.1, 0.15) is 6.10 Å². The van der Waals surface area contributed by atoms with Crippen LogP contribution >= 0.6 is 0 Å². The lowest BCUT2D eigenvalue weighted by Gasteiger charge is -2.45. The Balaban J connectivity index is 1.65. The maximum atomic E-state index is 12.7. The smallest absolute Gasteiger partial charge is 0.310 e. The highest BCUT2D eigenvalue weighted by Crippen LogP contribution is 2.45. The quantitative estimate of drug-likeness (QED) is 0.859. The van der Waals surface area contributed by atoms with Crippen LogP contribution < -0.4 is 0 Å². The van der Waals surface area contributed by atoms with Crippen LogP contribution in [0.3, 0.4) is 0 Å². The number of piperidine rings is 1. The number of aliphatic hydroxyl groups excluding tert-OH is 1. The van der Waals surface area contributed by atoms with Crippen LogP contribution in [0.4, 0.5) is 0 Å². The second-order valence-electron chi connectivity index (χ2n) is 8.14. The van der Waals surface area contributed by atoms with E-state index in [2.05, 4.69) is 48.0 Å². The van der Waals surface area contributed by atoms with Gasteiger partial charge >= 0.3 is 5.97 Å². The molecular weight excluding hydrogens is 328 g/mol. The van der Waals surface area contributed by atoms with Crippen molar-refractivity contribution in [3.05, 3.63) is 35.5 Å². The minimum atomic E-state index is -0.650. The number of aryl methyl sites for hydroxylation is 1. The molecule has 2 heterocycles. The molecule has 1 aromatic carbocycles. The highest BCUT2D eigenvalue weighted by molar-refractivity contribution is 5.89. The van der Waals surface area contributed by atoms with Gasteiger partial charge in [0.05, 0.1) is 12.0 Å². The summed E-state index contributed by atoms with van der Waals surface area (Å²) in [6.45, 7) is 4.11. The van der Waals surface area contributed by atoms with Crippen LogP contribution in [0, 0.1) is 5.92 Å². The Hall–Kier alpha value is -1.85. The standard InChI is InChI=1S/C21H28N2O3/c1-12(24)13(2)26-21(25)15-8-17-16-6-5-7-18-20(16)14(10-22(18)3)9-19(17)23(4)11-15/h5-7,10,12-13,15,17,19,24H,8-9,11H2,1-4H3/t12?,13?,15-,17?,19?/m1/s1. The van der Waals surface area contributed by atoms with Crippen LogP contribution in [0.15, 0.2) is 24.4 Å². The molecule has 26 heavy (non-hydrogen) atoms. The number of likely N-dealkylation sites (N-methyl/N-ethyl adjacent to an activating group) is 1. The van der Waals surface area contributed by atoms with Crippen molar-refractivity contribution in [3.63, 3.8) is 0 Å². The van der Waals surface area contributed by atoms with Gasteiger partial charge < -0.3 is 19.3 Å². The summed E-state index contributed by atoms with van der Waals surface area (Å²) >= 11 is 0. The number of ether oxygens (including phenoxy) is 1. The molecule has 0 bridgehead atoms. The van der Waals surface area contributed by atoms with E-state index in [1.54, 1.807) is 13.8 Å². The largest absolute Gasteiger partial charge is 0.460 e. The lowest BCUT2D eigenvalue weighted by Crippen LogP contribution is -2.50. The molecule has 0 amide bonds. The Kier molecular flexibility index (Phi) is 4.32. The number of carbonyl (C=O) groups excluding carboxylic acids is 1. The predicted molar refractivity (Wildman–Crippen MR) is 101 cm³/mol. The number of hydrogen-bond acceptors (Lipinski definition) is 4. The zero-order valence-electron chi connectivity index (χ0n) is 16.0. The summed E-state index contributed by atoms with van der Waals surface area (Å²) in [6.07, 6.45) is 2.97. The number of esters is 1. The maximum absolute atomic E-state index is 12.7. The van der Waals surface area contributed by atoms with E-state index >= 15 is 0 Å². The molecular formula is C21H28N2O3. The molecule has 4 rings (SSSR count). The molecule has 1 aliphatic heterocycles. The lowest BCUT2D eigenvalue weighted by atomic mass is 9.72. The summed E-state index contributed by atoms with van der Waals surface area (Å²) in [6, 6.07) is 6.95. The molecule has 4 unspecified atom stereocenters. The van der Waals surface area contributed by atoms with Gasteiger partial charge in [-0.25, -0.2) is 0 Å². The van der Waals surface area contributed by atoms with Gasteiger partial charge in [0.15, 0.2) is 0 Å². The Labute approximate surface area is 154 Å². The van der Waals surface area contributed by atoms with E-state index in [1.807, 2.05) is 0 Å². The van der Waals surface area contributed by atoms with Crippen LogP contribution in [0.25, 0.3) is 10.9 Å². The molecule has 1 aromatic heterocycles. The van der Waals surface area contributed by atoms with Crippen LogP contribution in [0.5, 0.6) is 0 Å². The maximum Gasteiger partial charge on any atom is 0.310 e. The van der Waals surface area contributed by atoms with Crippen molar-refractivity contribution in [3.8, 4) is 0 Å². The first-order chi connectivity index (χ1) is 12.4. The number of rotatable bonds is 3. The van der Waals surface area contributed by atoms with Crippen molar-refractivity contribution in [2.45, 2.75) is 50.9 Å². The number of aromatic nitrogens is 1. The number of aliphatic hydroxyl groups is 1. The predicted octanol–water partition coefficient (Wildman–Crippen LogP) is 2.45. The Morgan fingerprint density at radius 1 is 1.31 bits per heavy atom.